The van der Waals surface area contributed by atoms with Crippen LogP contribution in [0.5, 0.6) is 0 Å². The van der Waals surface area contributed by atoms with E-state index in [1.165, 1.54) is 0 Å². The van der Waals surface area contributed by atoms with Gasteiger partial charge in [-0.15, -0.1) is 34.8 Å². The minimum Gasteiger partial charge on any atom is -0.118 e. The van der Waals surface area contributed by atoms with Crippen molar-refractivity contribution < 1.29 is 0 Å². The van der Waals surface area contributed by atoms with Crippen LogP contribution in [-0.4, -0.2) is 19.5 Å². The summed E-state index contributed by atoms with van der Waals surface area (Å²) in [5.41, 5.74) is 0. The Kier molecular flexibility index (Phi) is 2.84. The largest absolute Gasteiger partial charge is 0.167 e. The Labute approximate surface area is 134 Å². The quantitative estimate of drug-likeness (QED) is 0.402. The van der Waals surface area contributed by atoms with Crippen molar-refractivity contribution in [2.45, 2.75) is 19.5 Å². The van der Waals surface area contributed by atoms with E-state index in [9.17, 15) is 0 Å². The Bertz CT molecular complexity index is 467. The topological polar surface area (TPSA) is 0 Å². The monoisotopic (exact) mass is 370 g/mol. The van der Waals surface area contributed by atoms with Gasteiger partial charge in [-0.25, -0.2) is 0 Å². The third-order valence-electron chi connectivity index (χ3n) is 3.90. The van der Waals surface area contributed by atoms with Gasteiger partial charge in [-0.3, -0.25) is 0 Å². The van der Waals surface area contributed by atoms with Crippen LogP contribution >= 0.6 is 81.2 Å². The summed E-state index contributed by atoms with van der Waals surface area (Å²) >= 11 is 44.5. The Hall–Kier alpha value is 1.51. The maximum atomic E-state index is 6.57. The fourth-order valence-electron chi connectivity index (χ4n) is 3.08. The van der Waals surface area contributed by atoms with E-state index in [1.54, 1.807) is 0 Å². The second kappa shape index (κ2) is 3.58. The number of hydrogen-bond donors (Lipinski definition) is 0. The standard InChI is InChI=1S/C10H5Cl7/c11-4-2-1-3-5(4)9(15)7(13)6(12)8(3,14)10(9,16)17/h1-5H/t3?,4?,5?,8-,9+/m1/s1. The molecule has 1 saturated carbocycles. The lowest BCUT2D eigenvalue weighted by Crippen LogP contribution is -2.45. The molecule has 0 N–H and O–H groups in total. The highest BCUT2D eigenvalue weighted by molar-refractivity contribution is 6.66. The summed E-state index contributed by atoms with van der Waals surface area (Å²) in [5, 5.41) is 0.113. The van der Waals surface area contributed by atoms with E-state index in [2.05, 4.69) is 0 Å². The highest BCUT2D eigenvalue weighted by atomic mass is 35.5. The van der Waals surface area contributed by atoms with E-state index < -0.39 is 14.1 Å². The van der Waals surface area contributed by atoms with E-state index in [1.807, 2.05) is 12.2 Å². The van der Waals surface area contributed by atoms with Gasteiger partial charge in [-0.2, -0.15) is 0 Å². The number of allylic oxidation sites excluding steroid dienone is 4. The van der Waals surface area contributed by atoms with Crippen LogP contribution < -0.4 is 0 Å². The van der Waals surface area contributed by atoms with Crippen LogP contribution in [0.3, 0.4) is 0 Å². The van der Waals surface area contributed by atoms with Crippen molar-refractivity contribution in [1.82, 2.24) is 0 Å². The van der Waals surface area contributed by atoms with E-state index >= 15 is 0 Å². The molecule has 0 amide bonds. The van der Waals surface area contributed by atoms with Crippen LogP contribution in [0.25, 0.3) is 0 Å². The summed E-state index contributed by atoms with van der Waals surface area (Å²) in [6.45, 7) is 0. The summed E-state index contributed by atoms with van der Waals surface area (Å²) in [4.78, 5) is -2.45. The highest BCUT2D eigenvalue weighted by Crippen LogP contribution is 2.78. The molecule has 0 aromatic rings. The molecule has 3 unspecified atom stereocenters. The Morgan fingerprint density at radius 2 is 1.41 bits per heavy atom. The third kappa shape index (κ3) is 1.15. The first-order valence-electron chi connectivity index (χ1n) is 4.85. The van der Waals surface area contributed by atoms with Crippen LogP contribution in [0.4, 0.5) is 0 Å². The zero-order valence-electron chi connectivity index (χ0n) is 8.03. The third-order valence-corrected chi connectivity index (χ3v) is 8.61. The van der Waals surface area contributed by atoms with Crippen molar-refractivity contribution in [1.29, 1.82) is 0 Å². The van der Waals surface area contributed by atoms with Crippen molar-refractivity contribution in [3.05, 3.63) is 22.2 Å². The highest BCUT2D eigenvalue weighted by Gasteiger charge is 2.83. The van der Waals surface area contributed by atoms with Crippen LogP contribution in [0.1, 0.15) is 0 Å². The lowest BCUT2D eigenvalue weighted by molar-refractivity contribution is 0.420. The summed E-state index contributed by atoms with van der Waals surface area (Å²) < 4.78 is -1.48. The number of alkyl halides is 5. The lowest BCUT2D eigenvalue weighted by atomic mass is 9.84. The van der Waals surface area contributed by atoms with Gasteiger partial charge < -0.3 is 0 Å². The molecule has 94 valence electrons. The molecule has 5 atom stereocenters. The van der Waals surface area contributed by atoms with Crippen LogP contribution in [0.15, 0.2) is 22.2 Å². The van der Waals surface area contributed by atoms with Crippen LogP contribution in [0.2, 0.25) is 0 Å². The molecule has 0 nitrogen and oxygen atoms in total. The molecule has 0 spiro atoms. The first-order chi connectivity index (χ1) is 7.70. The van der Waals surface area contributed by atoms with Gasteiger partial charge in [0, 0.05) is 11.8 Å². The minimum atomic E-state index is -1.48. The fourth-order valence-corrected chi connectivity index (χ4v) is 6.60. The second-order valence-corrected chi connectivity index (χ2v) is 8.29. The molecule has 7 heteroatoms. The molecule has 0 heterocycles. The zero-order valence-corrected chi connectivity index (χ0v) is 13.3. The number of rotatable bonds is 0. The molecular weight excluding hydrogens is 368 g/mol. The molecule has 3 aliphatic rings. The van der Waals surface area contributed by atoms with Gasteiger partial charge in [-0.05, 0) is 0 Å². The molecule has 0 aromatic heterocycles. The predicted octanol–water partition coefficient (Wildman–Crippen LogP) is 5.24. The molecular formula is C10H5Cl7. The van der Waals surface area contributed by atoms with Crippen molar-refractivity contribution >= 4 is 81.2 Å². The summed E-state index contributed by atoms with van der Waals surface area (Å²) in [6, 6.07) is 0. The number of fused-ring (bicyclic) bond motifs is 5. The molecule has 0 aliphatic heterocycles. The molecule has 0 radical (unpaired) electrons. The summed E-state index contributed by atoms with van der Waals surface area (Å²) in [6.07, 6.45) is 3.69. The average Bonchev–Trinajstić information content (AvgIpc) is 2.73. The maximum Gasteiger partial charge on any atom is 0.167 e. The van der Waals surface area contributed by atoms with E-state index in [0.29, 0.717) is 0 Å². The molecule has 3 rings (SSSR count). The van der Waals surface area contributed by atoms with E-state index in [0.717, 1.165) is 0 Å². The van der Waals surface area contributed by atoms with E-state index in [4.69, 9.17) is 81.2 Å². The van der Waals surface area contributed by atoms with Gasteiger partial charge in [0.1, 0.15) is 9.75 Å². The van der Waals surface area contributed by atoms with Crippen LogP contribution in [0, 0.1) is 11.8 Å². The van der Waals surface area contributed by atoms with Crippen LogP contribution in [-0.2, 0) is 0 Å². The SMILES string of the molecule is ClC1=C(Cl)[C@]2(Cl)C3C=CC(Cl)C3[C@@]1(Cl)C2(Cl)Cl. The molecule has 17 heavy (non-hydrogen) atoms. The van der Waals surface area contributed by atoms with Gasteiger partial charge >= 0.3 is 0 Å². The van der Waals surface area contributed by atoms with Crippen molar-refractivity contribution in [3.63, 3.8) is 0 Å². The Morgan fingerprint density at radius 1 is 0.882 bits per heavy atom. The first-order valence-corrected chi connectivity index (χ1v) is 7.55. The number of halogens is 7. The molecule has 3 aliphatic carbocycles. The van der Waals surface area contributed by atoms with Gasteiger partial charge in [-0.1, -0.05) is 58.6 Å². The number of hydrogen-bond acceptors (Lipinski definition) is 0. The average molecular weight is 373 g/mol. The maximum absolute atomic E-state index is 6.57. The normalized spacial score (nSPS) is 54.6. The molecule has 1 fully saturated rings. The van der Waals surface area contributed by atoms with Gasteiger partial charge in [0.05, 0.1) is 15.4 Å². The first kappa shape index (κ1) is 13.5. The lowest BCUT2D eigenvalue weighted by Gasteiger charge is -2.34. The van der Waals surface area contributed by atoms with E-state index in [-0.39, 0.29) is 27.3 Å². The summed E-state index contributed by atoms with van der Waals surface area (Å²) in [7, 11) is 0. The summed E-state index contributed by atoms with van der Waals surface area (Å²) in [5.74, 6) is -0.470. The predicted molar refractivity (Wildman–Crippen MR) is 76.1 cm³/mol. The Balaban J connectivity index is 2.32. The fraction of sp³-hybridized carbons (Fsp3) is 0.600. The Morgan fingerprint density at radius 3 is 2.00 bits per heavy atom. The van der Waals surface area contributed by atoms with Crippen molar-refractivity contribution in [2.24, 2.45) is 11.8 Å². The molecule has 2 bridgehead atoms. The van der Waals surface area contributed by atoms with Gasteiger partial charge in [0.25, 0.3) is 0 Å². The second-order valence-electron chi connectivity index (χ2n) is 4.51. The van der Waals surface area contributed by atoms with Gasteiger partial charge in [0.15, 0.2) is 4.33 Å². The zero-order chi connectivity index (χ0) is 12.8. The minimum absolute atomic E-state index is 0.205. The molecule has 0 saturated heterocycles. The van der Waals surface area contributed by atoms with Gasteiger partial charge in [0.2, 0.25) is 0 Å². The molecule has 0 aromatic carbocycles. The van der Waals surface area contributed by atoms with Crippen molar-refractivity contribution in [3.8, 4) is 0 Å². The van der Waals surface area contributed by atoms with Crippen molar-refractivity contribution in [2.75, 3.05) is 0 Å². The smallest absolute Gasteiger partial charge is 0.118 e.